The molecule has 1 amide bonds. The maximum absolute atomic E-state index is 12.4. The highest BCUT2D eigenvalue weighted by molar-refractivity contribution is 6.18. The number of hydrogen-bond acceptors (Lipinski definition) is 4. The van der Waals surface area contributed by atoms with E-state index in [0.29, 0.717) is 40.9 Å². The van der Waals surface area contributed by atoms with Crippen LogP contribution < -0.4 is 10.6 Å². The topological polar surface area (TPSA) is 66.9 Å². The molecule has 0 saturated carbocycles. The van der Waals surface area contributed by atoms with Gasteiger partial charge in [0.2, 0.25) is 0 Å². The summed E-state index contributed by atoms with van der Waals surface area (Å²) in [6.45, 7) is 2.62. The molecule has 2 N–H and O–H groups in total. The molecule has 0 fully saturated rings. The van der Waals surface area contributed by atoms with Gasteiger partial charge in [-0.2, -0.15) is 0 Å². The molecule has 0 unspecified atom stereocenters. The minimum atomic E-state index is -0.268. The molecular weight excluding hydrogens is 323 g/mol. The zero-order valence-electron chi connectivity index (χ0n) is 12.1. The lowest BCUT2D eigenvalue weighted by Gasteiger charge is -2.12. The van der Waals surface area contributed by atoms with Crippen LogP contribution >= 0.6 is 23.2 Å². The molecule has 0 aliphatic heterocycles. The van der Waals surface area contributed by atoms with Crippen molar-refractivity contribution in [3.8, 4) is 0 Å². The largest absolute Gasteiger partial charge is 0.370 e. The van der Waals surface area contributed by atoms with E-state index in [0.717, 1.165) is 0 Å². The first-order chi connectivity index (χ1) is 10.7. The molecule has 2 aromatic heterocycles. The van der Waals surface area contributed by atoms with Crippen molar-refractivity contribution in [2.24, 2.45) is 0 Å². The Labute approximate surface area is 139 Å². The molecule has 2 aromatic rings. The van der Waals surface area contributed by atoms with Crippen LogP contribution in [0, 0.1) is 0 Å². The normalized spacial score (nSPS) is 10.3. The average Bonchev–Trinajstić information content (AvgIpc) is 2.56. The second kappa shape index (κ2) is 7.96. The number of carbonyl (C=O) groups is 1. The lowest BCUT2D eigenvalue weighted by atomic mass is 10.2. The summed E-state index contributed by atoms with van der Waals surface area (Å²) >= 11 is 11.6. The Morgan fingerprint density at radius 3 is 2.73 bits per heavy atom. The van der Waals surface area contributed by atoms with Gasteiger partial charge in [0.05, 0.1) is 34.4 Å². The molecule has 0 aromatic carbocycles. The first-order valence-electron chi connectivity index (χ1n) is 6.80. The summed E-state index contributed by atoms with van der Waals surface area (Å²) in [5.74, 6) is 0.759. The number of carbonyl (C=O) groups excluding carboxylic acids is 1. The maximum Gasteiger partial charge on any atom is 0.259 e. The van der Waals surface area contributed by atoms with Crippen LogP contribution in [0.1, 0.15) is 28.7 Å². The Kier molecular flexibility index (Phi) is 5.98. The van der Waals surface area contributed by atoms with E-state index in [4.69, 9.17) is 23.2 Å². The highest BCUT2D eigenvalue weighted by Gasteiger charge is 2.14. The van der Waals surface area contributed by atoms with Crippen molar-refractivity contribution >= 4 is 40.6 Å². The van der Waals surface area contributed by atoms with Crippen molar-refractivity contribution in [3.05, 3.63) is 47.4 Å². The molecule has 2 heterocycles. The van der Waals surface area contributed by atoms with E-state index in [-0.39, 0.29) is 11.8 Å². The van der Waals surface area contributed by atoms with Crippen LogP contribution in [0.3, 0.4) is 0 Å². The van der Waals surface area contributed by atoms with E-state index in [1.807, 2.05) is 6.92 Å². The second-order valence-corrected chi connectivity index (χ2v) is 4.98. The predicted octanol–water partition coefficient (Wildman–Crippen LogP) is 3.64. The number of nitrogens with one attached hydrogen (secondary N) is 2. The fourth-order valence-electron chi connectivity index (χ4n) is 1.92. The number of rotatable bonds is 6. The first kappa shape index (κ1) is 16.5. The minimum absolute atomic E-state index is 0.188. The molecule has 2 rings (SSSR count). The third kappa shape index (κ3) is 3.87. The lowest BCUT2D eigenvalue weighted by Crippen LogP contribution is -2.17. The van der Waals surface area contributed by atoms with Gasteiger partial charge in [-0.25, -0.2) is 4.98 Å². The van der Waals surface area contributed by atoms with Gasteiger partial charge in [0.1, 0.15) is 5.82 Å². The molecule has 22 heavy (non-hydrogen) atoms. The van der Waals surface area contributed by atoms with Crippen molar-refractivity contribution in [2.45, 2.75) is 18.7 Å². The average molecular weight is 339 g/mol. The Morgan fingerprint density at radius 2 is 2.05 bits per heavy atom. The number of nitrogens with zero attached hydrogens (tertiary/aromatic N) is 2. The van der Waals surface area contributed by atoms with Gasteiger partial charge < -0.3 is 10.6 Å². The molecule has 0 bridgehead atoms. The molecular formula is C15H16Cl2N4O. The molecule has 0 radical (unpaired) electrons. The quantitative estimate of drug-likeness (QED) is 0.789. The van der Waals surface area contributed by atoms with Crippen molar-refractivity contribution in [1.82, 2.24) is 9.97 Å². The van der Waals surface area contributed by atoms with E-state index < -0.39 is 0 Å². The van der Waals surface area contributed by atoms with Crippen LogP contribution in [0.15, 0.2) is 30.5 Å². The Balaban J connectivity index is 2.26. The molecule has 7 heteroatoms. The summed E-state index contributed by atoms with van der Waals surface area (Å²) < 4.78 is 0. The summed E-state index contributed by atoms with van der Waals surface area (Å²) in [6.07, 6.45) is 1.63. The Bertz CT molecular complexity index is 664. The monoisotopic (exact) mass is 338 g/mol. The van der Waals surface area contributed by atoms with Gasteiger partial charge in [-0.05, 0) is 31.2 Å². The summed E-state index contributed by atoms with van der Waals surface area (Å²) in [7, 11) is 0. The molecule has 5 nitrogen and oxygen atoms in total. The van der Waals surface area contributed by atoms with Gasteiger partial charge in [-0.3, -0.25) is 9.78 Å². The number of anilines is 2. The van der Waals surface area contributed by atoms with E-state index in [1.54, 1.807) is 30.5 Å². The van der Waals surface area contributed by atoms with Gasteiger partial charge in [0, 0.05) is 12.7 Å². The molecule has 0 aliphatic carbocycles. The molecule has 0 aliphatic rings. The van der Waals surface area contributed by atoms with Crippen molar-refractivity contribution in [1.29, 1.82) is 0 Å². The number of hydrogen-bond donors (Lipinski definition) is 2. The van der Waals surface area contributed by atoms with Crippen LogP contribution in [-0.2, 0) is 11.8 Å². The first-order valence-corrected chi connectivity index (χ1v) is 7.87. The van der Waals surface area contributed by atoms with Crippen molar-refractivity contribution in [3.63, 3.8) is 0 Å². The summed E-state index contributed by atoms with van der Waals surface area (Å²) in [5, 5.41) is 5.88. The van der Waals surface area contributed by atoms with Crippen LogP contribution in [0.25, 0.3) is 0 Å². The van der Waals surface area contributed by atoms with E-state index in [9.17, 15) is 4.79 Å². The number of aromatic nitrogens is 2. The van der Waals surface area contributed by atoms with Gasteiger partial charge in [0.25, 0.3) is 5.91 Å². The fourth-order valence-corrected chi connectivity index (χ4v) is 2.28. The third-order valence-corrected chi connectivity index (χ3v) is 3.47. The van der Waals surface area contributed by atoms with Crippen molar-refractivity contribution in [2.75, 3.05) is 17.2 Å². The van der Waals surface area contributed by atoms with Gasteiger partial charge in [-0.15, -0.1) is 23.2 Å². The highest BCUT2D eigenvalue weighted by atomic mass is 35.5. The predicted molar refractivity (Wildman–Crippen MR) is 89.7 cm³/mol. The molecule has 0 spiro atoms. The van der Waals surface area contributed by atoms with Crippen LogP contribution in [-0.4, -0.2) is 22.4 Å². The van der Waals surface area contributed by atoms with Gasteiger partial charge in [-0.1, -0.05) is 0 Å². The van der Waals surface area contributed by atoms with Crippen molar-refractivity contribution < 1.29 is 4.79 Å². The van der Waals surface area contributed by atoms with Gasteiger partial charge in [0.15, 0.2) is 0 Å². The third-order valence-electron chi connectivity index (χ3n) is 2.94. The summed E-state index contributed by atoms with van der Waals surface area (Å²) in [6, 6.07) is 6.94. The fraction of sp³-hybridized carbons (Fsp3) is 0.267. The molecule has 0 atom stereocenters. The zero-order chi connectivity index (χ0) is 15.9. The summed E-state index contributed by atoms with van der Waals surface area (Å²) in [5.41, 5.74) is 2.33. The van der Waals surface area contributed by atoms with Crippen LogP contribution in [0.2, 0.25) is 0 Å². The van der Waals surface area contributed by atoms with E-state index in [1.165, 1.54) is 0 Å². The van der Waals surface area contributed by atoms with E-state index in [2.05, 4.69) is 20.6 Å². The number of pyridine rings is 2. The number of alkyl halides is 2. The van der Waals surface area contributed by atoms with Crippen LogP contribution in [0.5, 0.6) is 0 Å². The van der Waals surface area contributed by atoms with Crippen LogP contribution in [0.4, 0.5) is 11.5 Å². The highest BCUT2D eigenvalue weighted by Crippen LogP contribution is 2.20. The summed E-state index contributed by atoms with van der Waals surface area (Å²) in [4.78, 5) is 20.9. The van der Waals surface area contributed by atoms with Gasteiger partial charge >= 0.3 is 0 Å². The smallest absolute Gasteiger partial charge is 0.259 e. The standard InChI is InChI=1S/C15H16Cl2N4O/c1-2-18-14-11(4-3-7-19-14)15(22)21-12-6-5-10(8-16)20-13(12)9-17/h3-7H,2,8-9H2,1H3,(H,18,19)(H,21,22). The molecule has 0 saturated heterocycles. The number of halogens is 2. The Morgan fingerprint density at radius 1 is 1.23 bits per heavy atom. The Hall–Kier alpha value is -1.85. The van der Waals surface area contributed by atoms with E-state index >= 15 is 0 Å². The zero-order valence-corrected chi connectivity index (χ0v) is 13.6. The minimum Gasteiger partial charge on any atom is -0.370 e. The lowest BCUT2D eigenvalue weighted by molar-refractivity contribution is 0.102. The number of amides is 1. The maximum atomic E-state index is 12.4. The SMILES string of the molecule is CCNc1ncccc1C(=O)Nc1ccc(CCl)nc1CCl. The second-order valence-electron chi connectivity index (χ2n) is 4.45. The molecule has 116 valence electrons.